The van der Waals surface area contributed by atoms with Crippen molar-refractivity contribution in [2.24, 2.45) is 0 Å². The molecule has 0 atom stereocenters. The zero-order chi connectivity index (χ0) is 18.4. The number of amides is 2. The van der Waals surface area contributed by atoms with E-state index in [0.717, 1.165) is 18.7 Å². The smallest absolute Gasteiger partial charge is 0.257 e. The maximum absolute atomic E-state index is 12.8. The van der Waals surface area contributed by atoms with Crippen LogP contribution in [0.25, 0.3) is 0 Å². The molecule has 1 aromatic heterocycles. The summed E-state index contributed by atoms with van der Waals surface area (Å²) in [6.45, 7) is 2.86. The molecule has 27 heavy (non-hydrogen) atoms. The third kappa shape index (κ3) is 2.72. The number of nitrogens with zero attached hydrogens (tertiary/aromatic N) is 4. The van der Waals surface area contributed by atoms with Gasteiger partial charge in [-0.05, 0) is 18.6 Å². The summed E-state index contributed by atoms with van der Waals surface area (Å²) in [6.07, 6.45) is 5.12. The number of aromatic nitrogens is 2. The van der Waals surface area contributed by atoms with Crippen LogP contribution in [0, 0.1) is 0 Å². The predicted molar refractivity (Wildman–Crippen MR) is 96.2 cm³/mol. The van der Waals surface area contributed by atoms with Crippen molar-refractivity contribution in [3.05, 3.63) is 36.2 Å². The maximum atomic E-state index is 12.8. The van der Waals surface area contributed by atoms with E-state index in [4.69, 9.17) is 9.47 Å². The second kappa shape index (κ2) is 6.29. The van der Waals surface area contributed by atoms with Crippen LogP contribution in [0.15, 0.2) is 30.6 Å². The quantitative estimate of drug-likeness (QED) is 0.820. The number of benzene rings is 1. The van der Waals surface area contributed by atoms with Gasteiger partial charge in [0, 0.05) is 32.3 Å². The van der Waals surface area contributed by atoms with Crippen molar-refractivity contribution in [3.8, 4) is 11.5 Å². The lowest BCUT2D eigenvalue weighted by Gasteiger charge is -2.39. The number of ether oxygens (including phenoxy) is 2. The maximum Gasteiger partial charge on any atom is 0.257 e. The predicted octanol–water partition coefficient (Wildman–Crippen LogP) is 1.48. The lowest BCUT2D eigenvalue weighted by Crippen LogP contribution is -2.51. The number of carbonyl (C=O) groups excluding carboxylic acids is 2. The number of anilines is 1. The van der Waals surface area contributed by atoms with E-state index in [2.05, 4.69) is 5.10 Å². The zero-order valence-corrected chi connectivity index (χ0v) is 14.8. The molecule has 2 fully saturated rings. The number of carbonyl (C=O) groups is 2. The fraction of sp³-hybridized carbons (Fsp3) is 0.421. The van der Waals surface area contributed by atoms with Gasteiger partial charge in [0.25, 0.3) is 5.91 Å². The third-order valence-electron chi connectivity index (χ3n) is 5.29. The first kappa shape index (κ1) is 16.2. The molecule has 8 heteroatoms. The molecule has 0 spiro atoms. The molecule has 0 N–H and O–H groups in total. The summed E-state index contributed by atoms with van der Waals surface area (Å²) in [5, 5.41) is 4.39. The van der Waals surface area contributed by atoms with Gasteiger partial charge in [0.1, 0.15) is 13.2 Å². The monoisotopic (exact) mass is 368 g/mol. The Balaban J connectivity index is 1.27. The van der Waals surface area contributed by atoms with E-state index < -0.39 is 0 Å². The minimum Gasteiger partial charge on any atom is -0.486 e. The highest BCUT2D eigenvalue weighted by atomic mass is 16.6. The molecule has 140 valence electrons. The van der Waals surface area contributed by atoms with Crippen molar-refractivity contribution < 1.29 is 19.1 Å². The van der Waals surface area contributed by atoms with E-state index in [9.17, 15) is 9.59 Å². The van der Waals surface area contributed by atoms with Gasteiger partial charge in [-0.25, -0.2) is 0 Å². The molecule has 3 aliphatic rings. The van der Waals surface area contributed by atoms with E-state index in [1.54, 1.807) is 22.1 Å². The number of fused-ring (bicyclic) bond motifs is 1. The van der Waals surface area contributed by atoms with Gasteiger partial charge >= 0.3 is 0 Å². The van der Waals surface area contributed by atoms with Crippen LogP contribution in [0.4, 0.5) is 5.69 Å². The molecule has 0 aliphatic carbocycles. The van der Waals surface area contributed by atoms with Gasteiger partial charge in [-0.1, -0.05) is 6.07 Å². The van der Waals surface area contributed by atoms with Crippen LogP contribution in [0.3, 0.4) is 0 Å². The molecular weight excluding hydrogens is 348 g/mol. The van der Waals surface area contributed by atoms with Crippen LogP contribution < -0.4 is 14.4 Å². The fourth-order valence-corrected chi connectivity index (χ4v) is 3.79. The fourth-order valence-electron chi connectivity index (χ4n) is 3.79. The summed E-state index contributed by atoms with van der Waals surface area (Å²) in [4.78, 5) is 28.3. The van der Waals surface area contributed by atoms with Gasteiger partial charge in [-0.3, -0.25) is 14.3 Å². The summed E-state index contributed by atoms with van der Waals surface area (Å²) in [5.74, 6) is 1.24. The second-order valence-electron chi connectivity index (χ2n) is 7.02. The minimum atomic E-state index is -0.0595. The summed E-state index contributed by atoms with van der Waals surface area (Å²) < 4.78 is 13.1. The van der Waals surface area contributed by atoms with Crippen molar-refractivity contribution in [2.75, 3.05) is 37.7 Å². The number of hydrogen-bond acceptors (Lipinski definition) is 5. The number of likely N-dealkylation sites (tertiary alicyclic amines) is 1. The van der Waals surface area contributed by atoms with E-state index in [1.807, 2.05) is 23.0 Å². The Morgan fingerprint density at radius 3 is 2.85 bits per heavy atom. The molecule has 5 rings (SSSR count). The number of hydrogen-bond donors (Lipinski definition) is 0. The van der Waals surface area contributed by atoms with Crippen molar-refractivity contribution in [3.63, 3.8) is 0 Å². The molecule has 0 saturated carbocycles. The summed E-state index contributed by atoms with van der Waals surface area (Å²) >= 11 is 0. The Morgan fingerprint density at radius 2 is 2.04 bits per heavy atom. The number of para-hydroxylation sites is 1. The molecule has 0 radical (unpaired) electrons. The molecule has 2 saturated heterocycles. The van der Waals surface area contributed by atoms with Crippen LogP contribution in [0.2, 0.25) is 0 Å². The van der Waals surface area contributed by atoms with Crippen LogP contribution in [0.5, 0.6) is 11.5 Å². The average molecular weight is 368 g/mol. The second-order valence-corrected chi connectivity index (χ2v) is 7.02. The normalized spacial score (nSPS) is 19.3. The van der Waals surface area contributed by atoms with Gasteiger partial charge < -0.3 is 19.3 Å². The number of rotatable bonds is 3. The largest absolute Gasteiger partial charge is 0.486 e. The molecule has 0 bridgehead atoms. The Morgan fingerprint density at radius 1 is 1.19 bits per heavy atom. The van der Waals surface area contributed by atoms with E-state index >= 15 is 0 Å². The van der Waals surface area contributed by atoms with Gasteiger partial charge in [-0.15, -0.1) is 0 Å². The van der Waals surface area contributed by atoms with Crippen molar-refractivity contribution in [1.82, 2.24) is 14.7 Å². The lowest BCUT2D eigenvalue weighted by molar-refractivity contribution is -0.117. The van der Waals surface area contributed by atoms with Crippen molar-refractivity contribution in [1.29, 1.82) is 0 Å². The summed E-state index contributed by atoms with van der Waals surface area (Å²) in [7, 11) is 0. The highest BCUT2D eigenvalue weighted by molar-refractivity contribution is 5.98. The van der Waals surface area contributed by atoms with E-state index in [1.165, 1.54) is 0 Å². The van der Waals surface area contributed by atoms with Crippen LogP contribution in [-0.4, -0.2) is 59.3 Å². The molecular formula is C19H20N4O4. The molecule has 2 amide bonds. The van der Waals surface area contributed by atoms with Gasteiger partial charge in [-0.2, -0.15) is 5.10 Å². The zero-order valence-electron chi connectivity index (χ0n) is 14.8. The van der Waals surface area contributed by atoms with Gasteiger partial charge in [0.15, 0.2) is 11.5 Å². The minimum absolute atomic E-state index is 0.0595. The molecule has 8 nitrogen and oxygen atoms in total. The Kier molecular flexibility index (Phi) is 3.77. The van der Waals surface area contributed by atoms with Crippen molar-refractivity contribution >= 4 is 17.5 Å². The molecule has 1 aromatic carbocycles. The first-order chi connectivity index (χ1) is 13.2. The first-order valence-electron chi connectivity index (χ1n) is 9.23. The van der Waals surface area contributed by atoms with Crippen LogP contribution in [0.1, 0.15) is 29.2 Å². The highest BCUT2D eigenvalue weighted by Gasteiger charge is 2.35. The SMILES string of the molecule is O=C(c1cccc2c1OCCO2)N1CC(n2cc(N3CCCC3=O)cn2)C1. The first-order valence-corrected chi connectivity index (χ1v) is 9.23. The highest BCUT2D eigenvalue weighted by Crippen LogP contribution is 2.36. The lowest BCUT2D eigenvalue weighted by atomic mass is 10.1. The Labute approximate surface area is 156 Å². The molecule has 2 aromatic rings. The van der Waals surface area contributed by atoms with Crippen LogP contribution in [-0.2, 0) is 4.79 Å². The molecule has 4 heterocycles. The summed E-state index contributed by atoms with van der Waals surface area (Å²) in [6, 6.07) is 5.52. The van der Waals surface area contributed by atoms with E-state index in [-0.39, 0.29) is 17.9 Å². The van der Waals surface area contributed by atoms with E-state index in [0.29, 0.717) is 49.8 Å². The van der Waals surface area contributed by atoms with Gasteiger partial charge in [0.2, 0.25) is 5.91 Å². The standard InChI is InChI=1S/C19H20N4O4/c24-17-5-2-6-22(17)13-9-20-23(12-13)14-10-21(11-14)19(25)15-3-1-4-16-18(15)27-8-7-26-16/h1,3-4,9,12,14H,2,5-8,10-11H2. The molecule has 3 aliphatic heterocycles. The van der Waals surface area contributed by atoms with Crippen LogP contribution >= 0.6 is 0 Å². The average Bonchev–Trinajstić information content (AvgIpc) is 3.29. The van der Waals surface area contributed by atoms with Gasteiger partial charge in [0.05, 0.1) is 23.5 Å². The summed E-state index contributed by atoms with van der Waals surface area (Å²) in [5.41, 5.74) is 1.37. The molecule has 0 unspecified atom stereocenters. The Hall–Kier alpha value is -3.03. The third-order valence-corrected chi connectivity index (χ3v) is 5.29. The Bertz CT molecular complexity index is 903. The van der Waals surface area contributed by atoms with Crippen molar-refractivity contribution in [2.45, 2.75) is 18.9 Å². The topological polar surface area (TPSA) is 76.9 Å².